The molecule has 8 heteroatoms. The highest BCUT2D eigenvalue weighted by Gasteiger charge is 2.14. The summed E-state index contributed by atoms with van der Waals surface area (Å²) in [5.74, 6) is -0.308. The molecule has 0 fully saturated rings. The van der Waals surface area contributed by atoms with Gasteiger partial charge in [0.1, 0.15) is 9.84 Å². The molecule has 108 valence electrons. The molecule has 1 amide bonds. The number of hydrogen-bond donors (Lipinski definition) is 3. The molecule has 1 aromatic heterocycles. The summed E-state index contributed by atoms with van der Waals surface area (Å²) in [4.78, 5) is 12.0. The Morgan fingerprint density at radius 3 is 2.90 bits per heavy atom. The zero-order valence-corrected chi connectivity index (χ0v) is 11.8. The summed E-state index contributed by atoms with van der Waals surface area (Å²) in [6.07, 6.45) is 1.54. The Kier molecular flexibility index (Phi) is 3.93. The molecule has 0 aliphatic carbocycles. The van der Waals surface area contributed by atoms with Crippen molar-refractivity contribution in [3.8, 4) is 0 Å². The zero-order valence-electron chi connectivity index (χ0n) is 11.0. The van der Waals surface area contributed by atoms with E-state index in [0.717, 1.165) is 5.52 Å². The molecule has 0 unspecified atom stereocenters. The Morgan fingerprint density at radius 1 is 1.45 bits per heavy atom. The largest absolute Gasteiger partial charge is 0.399 e. The number of benzene rings is 1. The highest BCUT2D eigenvalue weighted by Crippen LogP contribution is 2.18. The van der Waals surface area contributed by atoms with E-state index in [1.807, 2.05) is 0 Å². The second kappa shape index (κ2) is 5.49. The average Bonchev–Trinajstić information content (AvgIpc) is 2.76. The maximum atomic E-state index is 12.0. The van der Waals surface area contributed by atoms with Gasteiger partial charge in [-0.3, -0.25) is 9.89 Å². The summed E-state index contributed by atoms with van der Waals surface area (Å²) in [5, 5.41) is 9.99. The topological polar surface area (TPSA) is 118 Å². The molecule has 2 rings (SSSR count). The number of sulfone groups is 1. The van der Waals surface area contributed by atoms with Crippen LogP contribution in [0, 0.1) is 0 Å². The van der Waals surface area contributed by atoms with E-state index in [1.165, 1.54) is 6.26 Å². The van der Waals surface area contributed by atoms with Gasteiger partial charge in [0.25, 0.3) is 5.91 Å². The van der Waals surface area contributed by atoms with Crippen LogP contribution in [0.5, 0.6) is 0 Å². The molecule has 0 aliphatic heterocycles. The number of carbonyl (C=O) groups excluding carboxylic acids is 1. The van der Waals surface area contributed by atoms with E-state index >= 15 is 0 Å². The molecule has 4 N–H and O–H groups in total. The van der Waals surface area contributed by atoms with Gasteiger partial charge in [-0.15, -0.1) is 0 Å². The van der Waals surface area contributed by atoms with E-state index in [1.54, 1.807) is 18.2 Å². The number of nitrogens with zero attached hydrogens (tertiary/aromatic N) is 1. The fraction of sp³-hybridized carbons (Fsp3) is 0.333. The Morgan fingerprint density at radius 2 is 2.20 bits per heavy atom. The Hall–Kier alpha value is -2.09. The predicted octanol–water partition coefficient (Wildman–Crippen LogP) is 0.310. The first-order valence-electron chi connectivity index (χ1n) is 6.06. The van der Waals surface area contributed by atoms with Gasteiger partial charge in [-0.2, -0.15) is 5.10 Å². The summed E-state index contributed by atoms with van der Waals surface area (Å²) in [7, 11) is -3.01. The van der Waals surface area contributed by atoms with Crippen molar-refractivity contribution in [3.05, 3.63) is 23.9 Å². The smallest absolute Gasteiger partial charge is 0.272 e. The summed E-state index contributed by atoms with van der Waals surface area (Å²) >= 11 is 0. The third kappa shape index (κ3) is 3.47. The van der Waals surface area contributed by atoms with Crippen LogP contribution in [0.4, 0.5) is 5.69 Å². The SMILES string of the molecule is CS(=O)(=O)CCCNC(=O)c1n[nH]c2ccc(N)cc12. The summed E-state index contributed by atoms with van der Waals surface area (Å²) in [5.41, 5.74) is 7.21. The van der Waals surface area contributed by atoms with E-state index < -0.39 is 9.84 Å². The Balaban J connectivity index is 2.03. The van der Waals surface area contributed by atoms with Crippen LogP contribution < -0.4 is 11.1 Å². The molecule has 1 aromatic carbocycles. The third-order valence-corrected chi connectivity index (χ3v) is 3.81. The first-order valence-corrected chi connectivity index (χ1v) is 8.12. The van der Waals surface area contributed by atoms with Gasteiger partial charge in [-0.25, -0.2) is 8.42 Å². The maximum absolute atomic E-state index is 12.0. The van der Waals surface area contributed by atoms with Crippen LogP contribution in [-0.2, 0) is 9.84 Å². The van der Waals surface area contributed by atoms with E-state index in [9.17, 15) is 13.2 Å². The highest BCUT2D eigenvalue weighted by molar-refractivity contribution is 7.90. The average molecular weight is 296 g/mol. The number of fused-ring (bicyclic) bond motifs is 1. The lowest BCUT2D eigenvalue weighted by atomic mass is 10.2. The molecule has 2 aromatic rings. The summed E-state index contributed by atoms with van der Waals surface area (Å²) < 4.78 is 21.9. The van der Waals surface area contributed by atoms with Crippen molar-refractivity contribution in [2.24, 2.45) is 0 Å². The number of hydrogen-bond acceptors (Lipinski definition) is 5. The Bertz CT molecular complexity index is 736. The lowest BCUT2D eigenvalue weighted by Gasteiger charge is -2.03. The van der Waals surface area contributed by atoms with Gasteiger partial charge in [0.2, 0.25) is 0 Å². The van der Waals surface area contributed by atoms with Crippen molar-refractivity contribution >= 4 is 32.3 Å². The molecule has 7 nitrogen and oxygen atoms in total. The Labute approximate surface area is 116 Å². The van der Waals surface area contributed by atoms with Crippen molar-refractivity contribution in [1.82, 2.24) is 15.5 Å². The van der Waals surface area contributed by atoms with Gasteiger partial charge in [0, 0.05) is 23.9 Å². The van der Waals surface area contributed by atoms with Gasteiger partial charge in [-0.1, -0.05) is 0 Å². The molecule has 0 radical (unpaired) electrons. The van der Waals surface area contributed by atoms with Crippen molar-refractivity contribution in [1.29, 1.82) is 0 Å². The van der Waals surface area contributed by atoms with Gasteiger partial charge < -0.3 is 11.1 Å². The number of anilines is 1. The number of carbonyl (C=O) groups is 1. The first-order chi connectivity index (χ1) is 9.37. The van der Waals surface area contributed by atoms with Crippen LogP contribution in [0.3, 0.4) is 0 Å². The molecular weight excluding hydrogens is 280 g/mol. The lowest BCUT2D eigenvalue weighted by Crippen LogP contribution is -2.26. The fourth-order valence-electron chi connectivity index (χ4n) is 1.82. The quantitative estimate of drug-likeness (QED) is 0.542. The van der Waals surface area contributed by atoms with Crippen LogP contribution in [-0.4, -0.2) is 43.1 Å². The van der Waals surface area contributed by atoms with Crippen LogP contribution in [0.25, 0.3) is 10.9 Å². The minimum Gasteiger partial charge on any atom is -0.399 e. The van der Waals surface area contributed by atoms with E-state index in [0.29, 0.717) is 17.5 Å². The first kappa shape index (κ1) is 14.3. The standard InChI is InChI=1S/C12H16N4O3S/c1-20(18,19)6-2-5-14-12(17)11-9-7-8(13)3-4-10(9)15-16-11/h3-4,7H,2,5-6,13H2,1H3,(H,14,17)(H,15,16). The molecule has 0 atom stereocenters. The molecule has 0 saturated carbocycles. The predicted molar refractivity (Wildman–Crippen MR) is 77.2 cm³/mol. The molecule has 1 heterocycles. The lowest BCUT2D eigenvalue weighted by molar-refractivity contribution is 0.0950. The van der Waals surface area contributed by atoms with Crippen LogP contribution in [0.1, 0.15) is 16.9 Å². The van der Waals surface area contributed by atoms with Gasteiger partial charge >= 0.3 is 0 Å². The number of amides is 1. The fourth-order valence-corrected chi connectivity index (χ4v) is 2.49. The number of nitrogens with one attached hydrogen (secondary N) is 2. The second-order valence-electron chi connectivity index (χ2n) is 4.62. The van der Waals surface area contributed by atoms with Crippen molar-refractivity contribution in [3.63, 3.8) is 0 Å². The number of aromatic nitrogens is 2. The molecule has 0 spiro atoms. The van der Waals surface area contributed by atoms with Crippen molar-refractivity contribution in [2.75, 3.05) is 24.3 Å². The molecule has 0 bridgehead atoms. The number of rotatable bonds is 5. The normalized spacial score (nSPS) is 11.7. The number of aromatic amines is 1. The van der Waals surface area contributed by atoms with E-state index in [2.05, 4.69) is 15.5 Å². The molecule has 0 aliphatic rings. The van der Waals surface area contributed by atoms with Crippen LogP contribution in [0.2, 0.25) is 0 Å². The number of nitrogens with two attached hydrogens (primary N) is 1. The molecule has 20 heavy (non-hydrogen) atoms. The van der Waals surface area contributed by atoms with Crippen molar-refractivity contribution in [2.45, 2.75) is 6.42 Å². The monoisotopic (exact) mass is 296 g/mol. The molecule has 0 saturated heterocycles. The third-order valence-electron chi connectivity index (χ3n) is 2.78. The number of H-pyrrole nitrogens is 1. The van der Waals surface area contributed by atoms with Gasteiger partial charge in [-0.05, 0) is 24.6 Å². The van der Waals surface area contributed by atoms with E-state index in [-0.39, 0.29) is 23.9 Å². The van der Waals surface area contributed by atoms with Crippen LogP contribution >= 0.6 is 0 Å². The minimum absolute atomic E-state index is 0.0432. The van der Waals surface area contributed by atoms with Gasteiger partial charge in [0.05, 0.1) is 11.3 Å². The zero-order chi connectivity index (χ0) is 14.8. The number of nitrogen functional groups attached to an aromatic ring is 1. The maximum Gasteiger partial charge on any atom is 0.272 e. The highest BCUT2D eigenvalue weighted by atomic mass is 32.2. The van der Waals surface area contributed by atoms with Crippen molar-refractivity contribution < 1.29 is 13.2 Å². The van der Waals surface area contributed by atoms with Crippen LogP contribution in [0.15, 0.2) is 18.2 Å². The molecular formula is C12H16N4O3S. The summed E-state index contributed by atoms with van der Waals surface area (Å²) in [6.45, 7) is 0.280. The second-order valence-corrected chi connectivity index (χ2v) is 6.88. The van der Waals surface area contributed by atoms with E-state index in [4.69, 9.17) is 5.73 Å². The minimum atomic E-state index is -3.01. The summed E-state index contributed by atoms with van der Waals surface area (Å²) in [6, 6.07) is 5.14. The van der Waals surface area contributed by atoms with Gasteiger partial charge in [0.15, 0.2) is 5.69 Å².